The number of thiophene rings is 1. The van der Waals surface area contributed by atoms with E-state index in [4.69, 9.17) is 5.73 Å². The lowest BCUT2D eigenvalue weighted by Gasteiger charge is -2.12. The number of nitrogens with two attached hydrogens (primary N) is 1. The molecule has 21 heavy (non-hydrogen) atoms. The quantitative estimate of drug-likeness (QED) is 0.599. The van der Waals surface area contributed by atoms with Gasteiger partial charge >= 0.3 is 0 Å². The van der Waals surface area contributed by atoms with Crippen LogP contribution in [0.1, 0.15) is 13.8 Å². The van der Waals surface area contributed by atoms with Gasteiger partial charge in [0.25, 0.3) is 0 Å². The molecule has 0 radical (unpaired) electrons. The Hall–Kier alpha value is -1.11. The second-order valence-corrected chi connectivity index (χ2v) is 8.37. The van der Waals surface area contributed by atoms with Crippen molar-refractivity contribution in [2.24, 2.45) is 0 Å². The molecule has 0 saturated carbocycles. The molecule has 2 aromatic rings. The molecule has 0 spiro atoms. The first-order valence-corrected chi connectivity index (χ1v) is 9.33. The standard InChI is InChI=1S/C15H18N2OS3/c1-3-19-14-9-8-13(21-14)17-15(18)10(2)20-12-7-5-4-6-11(12)16/h4-10H,3,16H2,1-2H3,(H,17,18)/t10-/m0/s1. The molecular weight excluding hydrogens is 320 g/mol. The molecule has 1 aromatic heterocycles. The van der Waals surface area contributed by atoms with E-state index < -0.39 is 0 Å². The number of benzene rings is 1. The number of nitrogens with one attached hydrogen (secondary N) is 1. The van der Waals surface area contributed by atoms with Crippen LogP contribution < -0.4 is 11.1 Å². The van der Waals surface area contributed by atoms with Gasteiger partial charge in [-0.05, 0) is 36.9 Å². The molecule has 1 atom stereocenters. The molecular formula is C15H18N2OS3. The fourth-order valence-electron chi connectivity index (χ4n) is 1.66. The van der Waals surface area contributed by atoms with Crippen molar-refractivity contribution >= 4 is 51.5 Å². The van der Waals surface area contributed by atoms with Gasteiger partial charge in [-0.25, -0.2) is 0 Å². The summed E-state index contributed by atoms with van der Waals surface area (Å²) in [5.41, 5.74) is 6.61. The van der Waals surface area contributed by atoms with Crippen molar-refractivity contribution in [3.8, 4) is 0 Å². The average molecular weight is 339 g/mol. The van der Waals surface area contributed by atoms with E-state index in [1.165, 1.54) is 16.0 Å². The van der Waals surface area contributed by atoms with E-state index in [0.29, 0.717) is 5.69 Å². The van der Waals surface area contributed by atoms with Gasteiger partial charge in [0.2, 0.25) is 5.91 Å². The number of rotatable bonds is 6. The van der Waals surface area contributed by atoms with Crippen molar-refractivity contribution in [1.82, 2.24) is 0 Å². The zero-order chi connectivity index (χ0) is 15.2. The summed E-state index contributed by atoms with van der Waals surface area (Å²) in [5, 5.41) is 3.66. The number of nitrogen functional groups attached to an aromatic ring is 1. The predicted octanol–water partition coefficient (Wildman–Crippen LogP) is 4.56. The molecule has 0 fully saturated rings. The third-order valence-corrected chi connectivity index (χ3v) is 6.01. The Morgan fingerprint density at radius 1 is 1.33 bits per heavy atom. The summed E-state index contributed by atoms with van der Waals surface area (Å²) in [6.07, 6.45) is 0. The highest BCUT2D eigenvalue weighted by molar-refractivity contribution is 8.01. The van der Waals surface area contributed by atoms with Crippen LogP contribution in [0.15, 0.2) is 45.5 Å². The number of para-hydroxylation sites is 1. The van der Waals surface area contributed by atoms with Crippen LogP contribution in [0, 0.1) is 0 Å². The van der Waals surface area contributed by atoms with Crippen molar-refractivity contribution in [1.29, 1.82) is 0 Å². The number of amides is 1. The summed E-state index contributed by atoms with van der Waals surface area (Å²) in [6, 6.07) is 11.6. The lowest BCUT2D eigenvalue weighted by atomic mass is 10.3. The van der Waals surface area contributed by atoms with Crippen LogP contribution in [0.4, 0.5) is 10.7 Å². The van der Waals surface area contributed by atoms with E-state index in [-0.39, 0.29) is 11.2 Å². The summed E-state index contributed by atoms with van der Waals surface area (Å²) in [6.45, 7) is 4.01. The highest BCUT2D eigenvalue weighted by Crippen LogP contribution is 2.32. The predicted molar refractivity (Wildman–Crippen MR) is 95.5 cm³/mol. The fourth-order valence-corrected chi connectivity index (χ4v) is 4.52. The molecule has 0 aliphatic heterocycles. The van der Waals surface area contributed by atoms with Crippen molar-refractivity contribution in [3.63, 3.8) is 0 Å². The van der Waals surface area contributed by atoms with Gasteiger partial charge in [0.15, 0.2) is 0 Å². The second kappa shape index (κ2) is 7.77. The Bertz CT molecular complexity index is 612. The van der Waals surface area contributed by atoms with Gasteiger partial charge in [-0.1, -0.05) is 19.1 Å². The topological polar surface area (TPSA) is 55.1 Å². The van der Waals surface area contributed by atoms with Crippen LogP contribution in [-0.4, -0.2) is 16.9 Å². The maximum Gasteiger partial charge on any atom is 0.238 e. The Labute approximate surface area is 137 Å². The summed E-state index contributed by atoms with van der Waals surface area (Å²) < 4.78 is 1.22. The normalized spacial score (nSPS) is 12.1. The summed E-state index contributed by atoms with van der Waals surface area (Å²) >= 11 is 4.87. The van der Waals surface area contributed by atoms with E-state index in [0.717, 1.165) is 15.6 Å². The molecule has 0 saturated heterocycles. The van der Waals surface area contributed by atoms with Crippen LogP contribution in [0.5, 0.6) is 0 Å². The Morgan fingerprint density at radius 3 is 2.81 bits per heavy atom. The fraction of sp³-hybridized carbons (Fsp3) is 0.267. The van der Waals surface area contributed by atoms with Gasteiger partial charge in [-0.3, -0.25) is 4.79 Å². The Balaban J connectivity index is 1.94. The smallest absolute Gasteiger partial charge is 0.238 e. The van der Waals surface area contributed by atoms with Crippen LogP contribution in [0.2, 0.25) is 0 Å². The van der Waals surface area contributed by atoms with Gasteiger partial charge in [-0.2, -0.15) is 0 Å². The maximum atomic E-state index is 12.2. The summed E-state index contributed by atoms with van der Waals surface area (Å²) in [7, 11) is 0. The first-order valence-electron chi connectivity index (χ1n) is 6.64. The number of anilines is 2. The molecule has 3 N–H and O–H groups in total. The molecule has 6 heteroatoms. The van der Waals surface area contributed by atoms with Crippen molar-refractivity contribution < 1.29 is 4.79 Å². The van der Waals surface area contributed by atoms with Gasteiger partial charge in [-0.15, -0.1) is 34.9 Å². The first-order chi connectivity index (χ1) is 10.1. The minimum Gasteiger partial charge on any atom is -0.398 e. The van der Waals surface area contributed by atoms with E-state index in [9.17, 15) is 4.79 Å². The SMILES string of the molecule is CCSc1ccc(NC(=O)[C@H](C)Sc2ccccc2N)s1. The second-order valence-electron chi connectivity index (χ2n) is 4.34. The average Bonchev–Trinajstić information content (AvgIpc) is 2.89. The summed E-state index contributed by atoms with van der Waals surface area (Å²) in [5.74, 6) is 1.03. The lowest BCUT2D eigenvalue weighted by molar-refractivity contribution is -0.115. The molecule has 0 aliphatic rings. The van der Waals surface area contributed by atoms with Gasteiger partial charge < -0.3 is 11.1 Å². The Morgan fingerprint density at radius 2 is 2.10 bits per heavy atom. The monoisotopic (exact) mass is 338 g/mol. The van der Waals surface area contributed by atoms with Gasteiger partial charge in [0.05, 0.1) is 14.5 Å². The van der Waals surface area contributed by atoms with Crippen LogP contribution in [0.25, 0.3) is 0 Å². The first kappa shape index (κ1) is 16.3. The molecule has 1 amide bonds. The lowest BCUT2D eigenvalue weighted by Crippen LogP contribution is -2.21. The maximum absolute atomic E-state index is 12.2. The van der Waals surface area contributed by atoms with E-state index in [1.54, 1.807) is 23.1 Å². The molecule has 0 aliphatic carbocycles. The molecule has 112 valence electrons. The highest BCUT2D eigenvalue weighted by atomic mass is 32.2. The van der Waals surface area contributed by atoms with Crippen molar-refractivity contribution in [2.45, 2.75) is 28.2 Å². The number of carbonyl (C=O) groups excluding carboxylic acids is 1. The van der Waals surface area contributed by atoms with Crippen LogP contribution >= 0.6 is 34.9 Å². The highest BCUT2D eigenvalue weighted by Gasteiger charge is 2.16. The van der Waals surface area contributed by atoms with E-state index >= 15 is 0 Å². The van der Waals surface area contributed by atoms with Gasteiger partial charge in [0, 0.05) is 10.6 Å². The van der Waals surface area contributed by atoms with E-state index in [2.05, 4.69) is 12.2 Å². The molecule has 1 aromatic carbocycles. The molecule has 2 rings (SSSR count). The number of hydrogen-bond acceptors (Lipinski definition) is 5. The zero-order valence-corrected chi connectivity index (χ0v) is 14.4. The molecule has 3 nitrogen and oxygen atoms in total. The minimum absolute atomic E-state index is 0.00171. The number of hydrogen-bond donors (Lipinski definition) is 2. The molecule has 0 unspecified atom stereocenters. The third kappa shape index (κ3) is 4.69. The Kier molecular flexibility index (Phi) is 6.02. The van der Waals surface area contributed by atoms with Crippen LogP contribution in [-0.2, 0) is 4.79 Å². The van der Waals surface area contributed by atoms with Crippen LogP contribution in [0.3, 0.4) is 0 Å². The largest absolute Gasteiger partial charge is 0.398 e. The van der Waals surface area contributed by atoms with Gasteiger partial charge in [0.1, 0.15) is 0 Å². The number of thioether (sulfide) groups is 2. The van der Waals surface area contributed by atoms with Crippen molar-refractivity contribution in [2.75, 3.05) is 16.8 Å². The third-order valence-electron chi connectivity index (χ3n) is 2.71. The van der Waals surface area contributed by atoms with Crippen molar-refractivity contribution in [3.05, 3.63) is 36.4 Å². The minimum atomic E-state index is -0.195. The van der Waals surface area contributed by atoms with E-state index in [1.807, 2.05) is 43.3 Å². The molecule has 1 heterocycles. The molecule has 0 bridgehead atoms. The summed E-state index contributed by atoms with van der Waals surface area (Å²) in [4.78, 5) is 13.2. The number of carbonyl (C=O) groups is 1. The zero-order valence-electron chi connectivity index (χ0n) is 12.0.